The summed E-state index contributed by atoms with van der Waals surface area (Å²) in [4.78, 5) is 23.5. The van der Waals surface area contributed by atoms with E-state index >= 15 is 0 Å². The summed E-state index contributed by atoms with van der Waals surface area (Å²) in [5.41, 5.74) is 2.78. The zero-order chi connectivity index (χ0) is 19.0. The van der Waals surface area contributed by atoms with Crippen molar-refractivity contribution in [2.24, 2.45) is 0 Å². The summed E-state index contributed by atoms with van der Waals surface area (Å²) in [6.07, 6.45) is 1.61. The largest absolute Gasteiger partial charge is 0.467 e. The number of hydrogen-bond acceptors (Lipinski definition) is 5. The summed E-state index contributed by atoms with van der Waals surface area (Å²) < 4.78 is 5.58. The molecule has 4 rings (SSSR count). The van der Waals surface area contributed by atoms with E-state index < -0.39 is 0 Å². The summed E-state index contributed by atoms with van der Waals surface area (Å²) in [7, 11) is 0. The first-order chi connectivity index (χ1) is 13.0. The predicted molar refractivity (Wildman–Crippen MR) is 106 cm³/mol. The van der Waals surface area contributed by atoms with Crippen molar-refractivity contribution in [2.45, 2.75) is 26.8 Å². The first kappa shape index (κ1) is 17.4. The van der Waals surface area contributed by atoms with Gasteiger partial charge in [-0.2, -0.15) is 0 Å². The van der Waals surface area contributed by atoms with Gasteiger partial charge in [0.25, 0.3) is 5.91 Å². The topological polar surface area (TPSA) is 68.0 Å². The molecule has 1 unspecified atom stereocenters. The molecule has 27 heavy (non-hydrogen) atoms. The van der Waals surface area contributed by atoms with Gasteiger partial charge in [0.2, 0.25) is 0 Å². The Morgan fingerprint density at radius 3 is 2.56 bits per heavy atom. The standard InChI is InChI=1S/C21H19N3O2S/c1-12-17-13(2)22-14(3)23-21(17)27-19(12)20(25)24-18(16-10-7-11-26-16)15-8-5-4-6-9-15/h4-11,18H,1-3H3,(H,24,25). The van der Waals surface area contributed by atoms with Crippen LogP contribution in [0.5, 0.6) is 0 Å². The number of aromatic nitrogens is 2. The van der Waals surface area contributed by atoms with E-state index in [1.165, 1.54) is 11.3 Å². The molecule has 1 atom stereocenters. The zero-order valence-corrected chi connectivity index (χ0v) is 16.1. The molecule has 1 aromatic carbocycles. The maximum absolute atomic E-state index is 13.1. The molecule has 6 heteroatoms. The quantitative estimate of drug-likeness (QED) is 0.558. The number of benzene rings is 1. The minimum absolute atomic E-state index is 0.141. The lowest BCUT2D eigenvalue weighted by atomic mass is 10.0. The fourth-order valence-electron chi connectivity index (χ4n) is 3.31. The minimum Gasteiger partial charge on any atom is -0.467 e. The van der Waals surface area contributed by atoms with Gasteiger partial charge in [0.1, 0.15) is 22.5 Å². The van der Waals surface area contributed by atoms with Gasteiger partial charge in [-0.3, -0.25) is 4.79 Å². The Bertz CT molecular complexity index is 1100. The van der Waals surface area contributed by atoms with Gasteiger partial charge >= 0.3 is 0 Å². The SMILES string of the molecule is Cc1nc(C)c2c(C)c(C(=O)NC(c3ccccc3)c3ccco3)sc2n1. The van der Waals surface area contributed by atoms with E-state index in [4.69, 9.17) is 4.42 Å². The van der Waals surface area contributed by atoms with Gasteiger partial charge in [0.05, 0.1) is 11.1 Å². The highest BCUT2D eigenvalue weighted by Gasteiger charge is 2.24. The van der Waals surface area contributed by atoms with E-state index in [9.17, 15) is 4.79 Å². The normalized spacial score (nSPS) is 12.3. The summed E-state index contributed by atoms with van der Waals surface area (Å²) in [6.45, 7) is 5.77. The third-order valence-electron chi connectivity index (χ3n) is 4.53. The fraction of sp³-hybridized carbons (Fsp3) is 0.190. The van der Waals surface area contributed by atoms with Crippen LogP contribution in [0.2, 0.25) is 0 Å². The number of rotatable bonds is 4. The van der Waals surface area contributed by atoms with Crippen LogP contribution < -0.4 is 5.32 Å². The molecule has 0 aliphatic carbocycles. The van der Waals surface area contributed by atoms with Crippen molar-refractivity contribution in [3.8, 4) is 0 Å². The van der Waals surface area contributed by atoms with Crippen molar-refractivity contribution in [1.82, 2.24) is 15.3 Å². The Balaban J connectivity index is 1.73. The number of carbonyl (C=O) groups is 1. The van der Waals surface area contributed by atoms with E-state index in [0.29, 0.717) is 16.5 Å². The highest BCUT2D eigenvalue weighted by molar-refractivity contribution is 7.20. The highest BCUT2D eigenvalue weighted by atomic mass is 32.1. The highest BCUT2D eigenvalue weighted by Crippen LogP contribution is 2.32. The molecule has 1 amide bonds. The first-order valence-electron chi connectivity index (χ1n) is 8.68. The molecule has 0 spiro atoms. The fourth-order valence-corrected chi connectivity index (χ4v) is 4.49. The monoisotopic (exact) mass is 377 g/mol. The molecular weight excluding hydrogens is 358 g/mol. The average molecular weight is 377 g/mol. The van der Waals surface area contributed by atoms with E-state index in [2.05, 4.69) is 15.3 Å². The number of carbonyl (C=O) groups excluding carboxylic acids is 1. The van der Waals surface area contributed by atoms with Gasteiger partial charge in [-0.05, 0) is 44.0 Å². The lowest BCUT2D eigenvalue weighted by Crippen LogP contribution is -2.28. The molecule has 0 aliphatic heterocycles. The van der Waals surface area contributed by atoms with Crippen molar-refractivity contribution in [3.05, 3.63) is 82.0 Å². The maximum Gasteiger partial charge on any atom is 0.262 e. The van der Waals surface area contributed by atoms with Gasteiger partial charge in [-0.1, -0.05) is 30.3 Å². The molecule has 3 aromatic heterocycles. The molecule has 0 bridgehead atoms. The lowest BCUT2D eigenvalue weighted by Gasteiger charge is -2.17. The van der Waals surface area contributed by atoms with Crippen molar-refractivity contribution in [1.29, 1.82) is 0 Å². The van der Waals surface area contributed by atoms with E-state index in [0.717, 1.165) is 27.0 Å². The number of amides is 1. The van der Waals surface area contributed by atoms with Crippen molar-refractivity contribution in [3.63, 3.8) is 0 Å². The van der Waals surface area contributed by atoms with Gasteiger partial charge in [0, 0.05) is 11.1 Å². The van der Waals surface area contributed by atoms with Gasteiger partial charge < -0.3 is 9.73 Å². The molecule has 1 N–H and O–H groups in total. The van der Waals surface area contributed by atoms with Gasteiger partial charge in [0.15, 0.2) is 0 Å². The Morgan fingerprint density at radius 1 is 1.07 bits per heavy atom. The third kappa shape index (κ3) is 3.24. The van der Waals surface area contributed by atoms with Crippen LogP contribution >= 0.6 is 11.3 Å². The van der Waals surface area contributed by atoms with Crippen LogP contribution in [0.25, 0.3) is 10.2 Å². The second kappa shape index (κ2) is 6.96. The Labute approximate surface area is 161 Å². The molecule has 0 aliphatic rings. The summed E-state index contributed by atoms with van der Waals surface area (Å²) in [5.74, 6) is 1.27. The number of thiophene rings is 1. The first-order valence-corrected chi connectivity index (χ1v) is 9.50. The summed E-state index contributed by atoms with van der Waals surface area (Å²) in [6, 6.07) is 13.1. The van der Waals surface area contributed by atoms with Crippen LogP contribution in [0.1, 0.15) is 44.1 Å². The summed E-state index contributed by atoms with van der Waals surface area (Å²) >= 11 is 1.40. The van der Waals surface area contributed by atoms with Crippen LogP contribution in [-0.2, 0) is 0 Å². The van der Waals surface area contributed by atoms with Crippen LogP contribution in [0.3, 0.4) is 0 Å². The molecule has 4 aromatic rings. The number of aryl methyl sites for hydroxylation is 3. The molecule has 3 heterocycles. The second-order valence-electron chi connectivity index (χ2n) is 6.43. The average Bonchev–Trinajstić information content (AvgIpc) is 3.28. The molecule has 0 fully saturated rings. The van der Waals surface area contributed by atoms with E-state index in [1.807, 2.05) is 63.2 Å². The molecule has 5 nitrogen and oxygen atoms in total. The second-order valence-corrected chi connectivity index (χ2v) is 7.42. The Hall–Kier alpha value is -2.99. The van der Waals surface area contributed by atoms with Gasteiger partial charge in [-0.15, -0.1) is 11.3 Å². The molecule has 0 radical (unpaired) electrons. The predicted octanol–water partition coefficient (Wildman–Crippen LogP) is 4.73. The summed E-state index contributed by atoms with van der Waals surface area (Å²) in [5, 5.41) is 4.08. The van der Waals surface area contributed by atoms with Crippen molar-refractivity contribution < 1.29 is 9.21 Å². The molecule has 136 valence electrons. The van der Waals surface area contributed by atoms with Crippen LogP contribution in [0.4, 0.5) is 0 Å². The number of nitrogens with zero attached hydrogens (tertiary/aromatic N) is 2. The number of nitrogens with one attached hydrogen (secondary N) is 1. The van der Waals surface area contributed by atoms with Crippen LogP contribution in [0, 0.1) is 20.8 Å². The maximum atomic E-state index is 13.1. The van der Waals surface area contributed by atoms with Crippen molar-refractivity contribution in [2.75, 3.05) is 0 Å². The lowest BCUT2D eigenvalue weighted by molar-refractivity contribution is 0.0942. The number of fused-ring (bicyclic) bond motifs is 1. The van der Waals surface area contributed by atoms with Crippen LogP contribution in [-0.4, -0.2) is 15.9 Å². The molecular formula is C21H19N3O2S. The smallest absolute Gasteiger partial charge is 0.262 e. The number of furan rings is 1. The molecule has 0 saturated heterocycles. The minimum atomic E-state index is -0.354. The Kier molecular flexibility index (Phi) is 4.49. The molecule has 0 saturated carbocycles. The van der Waals surface area contributed by atoms with E-state index in [-0.39, 0.29) is 11.9 Å². The zero-order valence-electron chi connectivity index (χ0n) is 15.3. The van der Waals surface area contributed by atoms with E-state index in [1.54, 1.807) is 6.26 Å². The van der Waals surface area contributed by atoms with Gasteiger partial charge in [-0.25, -0.2) is 9.97 Å². The third-order valence-corrected chi connectivity index (χ3v) is 5.71. The number of hydrogen-bond donors (Lipinski definition) is 1. The van der Waals surface area contributed by atoms with Crippen molar-refractivity contribution >= 4 is 27.5 Å². The Morgan fingerprint density at radius 2 is 1.85 bits per heavy atom. The van der Waals surface area contributed by atoms with Crippen LogP contribution in [0.15, 0.2) is 53.1 Å².